The summed E-state index contributed by atoms with van der Waals surface area (Å²) in [6, 6.07) is 11.1. The van der Waals surface area contributed by atoms with Crippen molar-refractivity contribution in [3.05, 3.63) is 78.5 Å². The predicted octanol–water partition coefficient (Wildman–Crippen LogP) is 4.62. The monoisotopic (exact) mass is 378 g/mol. The normalized spacial score (nSPS) is 11.4. The van der Waals surface area contributed by atoms with Gasteiger partial charge in [-0.2, -0.15) is 0 Å². The summed E-state index contributed by atoms with van der Waals surface area (Å²) >= 11 is 0. The van der Waals surface area contributed by atoms with Crippen molar-refractivity contribution in [2.24, 2.45) is 0 Å². The van der Waals surface area contributed by atoms with Crippen molar-refractivity contribution < 1.29 is 17.7 Å². The van der Waals surface area contributed by atoms with Crippen LogP contribution in [-0.2, 0) is 6.54 Å². The topological polar surface area (TPSA) is 69.9 Å². The van der Waals surface area contributed by atoms with Crippen LogP contribution in [0.5, 0.6) is 0 Å². The summed E-state index contributed by atoms with van der Waals surface area (Å²) < 4.78 is 40.0. The average Bonchev–Trinajstić information content (AvgIpc) is 3.43. The lowest BCUT2D eigenvalue weighted by Gasteiger charge is -2.04. The number of hydrogen-bond donors (Lipinski definition) is 0. The summed E-state index contributed by atoms with van der Waals surface area (Å²) in [5, 5.41) is 3.99. The molecule has 0 saturated heterocycles. The molecule has 5 rings (SSSR count). The number of fused-ring (bicyclic) bond motifs is 1. The van der Waals surface area contributed by atoms with Crippen LogP contribution in [0.25, 0.3) is 34.2 Å². The van der Waals surface area contributed by atoms with Gasteiger partial charge in [0.05, 0.1) is 24.1 Å². The molecule has 0 spiro atoms. The Balaban J connectivity index is 1.44. The number of furan rings is 1. The first-order valence-corrected chi connectivity index (χ1v) is 8.45. The Morgan fingerprint density at radius 2 is 1.86 bits per heavy atom. The van der Waals surface area contributed by atoms with Gasteiger partial charge in [-0.05, 0) is 30.3 Å². The highest BCUT2D eigenvalue weighted by Gasteiger charge is 2.18. The van der Waals surface area contributed by atoms with Crippen LogP contribution in [0.3, 0.4) is 0 Å². The number of rotatable bonds is 4. The molecule has 0 atom stereocenters. The first-order chi connectivity index (χ1) is 13.7. The van der Waals surface area contributed by atoms with Crippen molar-refractivity contribution >= 4 is 0 Å². The van der Waals surface area contributed by atoms with Crippen LogP contribution >= 0.6 is 0 Å². The van der Waals surface area contributed by atoms with Crippen LogP contribution in [-0.4, -0.2) is 19.7 Å². The van der Waals surface area contributed by atoms with Gasteiger partial charge in [0, 0.05) is 18.5 Å². The molecule has 0 fully saturated rings. The van der Waals surface area contributed by atoms with Crippen LogP contribution in [0.2, 0.25) is 0 Å². The van der Waals surface area contributed by atoms with Gasteiger partial charge in [-0.15, -0.1) is 0 Å². The molecule has 2 aromatic heterocycles. The SMILES string of the molecule is Fc1cccc(-c2nc3ccn(Cc4cc(-c5ccco5)no4)cc-3n2)c1F. The molecule has 2 aliphatic heterocycles. The van der Waals surface area contributed by atoms with Crippen molar-refractivity contribution in [2.45, 2.75) is 6.54 Å². The van der Waals surface area contributed by atoms with E-state index < -0.39 is 11.6 Å². The molecule has 0 aliphatic carbocycles. The summed E-state index contributed by atoms with van der Waals surface area (Å²) in [5.74, 6) is -0.493. The Bertz CT molecular complexity index is 1230. The second-order valence-electron chi connectivity index (χ2n) is 6.19. The van der Waals surface area contributed by atoms with Gasteiger partial charge in [0.2, 0.25) is 0 Å². The molecule has 4 heterocycles. The number of pyridine rings is 1. The maximum Gasteiger partial charge on any atom is 0.169 e. The zero-order chi connectivity index (χ0) is 19.1. The fourth-order valence-electron chi connectivity index (χ4n) is 2.95. The number of hydrogen-bond acceptors (Lipinski definition) is 5. The molecule has 8 heteroatoms. The first-order valence-electron chi connectivity index (χ1n) is 8.45. The van der Waals surface area contributed by atoms with Gasteiger partial charge in [-0.1, -0.05) is 11.2 Å². The summed E-state index contributed by atoms with van der Waals surface area (Å²) in [5.41, 5.74) is 1.79. The van der Waals surface area contributed by atoms with E-state index in [1.807, 2.05) is 4.57 Å². The molecular weight excluding hydrogens is 366 g/mol. The Morgan fingerprint density at radius 3 is 2.71 bits per heavy atom. The van der Waals surface area contributed by atoms with Gasteiger partial charge in [0.1, 0.15) is 11.4 Å². The van der Waals surface area contributed by atoms with Gasteiger partial charge < -0.3 is 13.5 Å². The van der Waals surface area contributed by atoms with Crippen molar-refractivity contribution in [3.8, 4) is 34.2 Å². The van der Waals surface area contributed by atoms with Crippen LogP contribution < -0.4 is 0 Å². The molecule has 0 unspecified atom stereocenters. The molecule has 3 aromatic rings. The Hall–Kier alpha value is -3.81. The smallest absolute Gasteiger partial charge is 0.169 e. The number of imidazole rings is 1. The van der Waals surface area contributed by atoms with Gasteiger partial charge >= 0.3 is 0 Å². The maximum atomic E-state index is 14.0. The largest absolute Gasteiger partial charge is 0.463 e. The van der Waals surface area contributed by atoms with E-state index in [2.05, 4.69) is 15.1 Å². The molecule has 0 saturated carbocycles. The second kappa shape index (κ2) is 6.41. The minimum absolute atomic E-state index is 0.0288. The second-order valence-corrected chi connectivity index (χ2v) is 6.19. The number of benzene rings is 1. The summed E-state index contributed by atoms with van der Waals surface area (Å²) in [6.45, 7) is 0.417. The molecule has 28 heavy (non-hydrogen) atoms. The maximum absolute atomic E-state index is 14.0. The fourth-order valence-corrected chi connectivity index (χ4v) is 2.95. The number of halogens is 2. The zero-order valence-corrected chi connectivity index (χ0v) is 14.3. The molecule has 6 nitrogen and oxygen atoms in total. The van der Waals surface area contributed by atoms with Crippen LogP contribution in [0, 0.1) is 11.6 Å². The number of aromatic nitrogens is 4. The molecule has 0 bridgehead atoms. The van der Waals surface area contributed by atoms with E-state index >= 15 is 0 Å². The lowest BCUT2D eigenvalue weighted by molar-refractivity contribution is 0.376. The van der Waals surface area contributed by atoms with E-state index in [-0.39, 0.29) is 11.4 Å². The standard InChI is InChI=1S/C20H12F2N4O2/c21-14-4-1-3-13(19(14)22)20-23-15-6-7-26(11-17(15)24-20)10-12-9-16(25-28-12)18-5-2-8-27-18/h1-9,11H,10H2. The molecule has 0 N–H and O–H groups in total. The van der Waals surface area contributed by atoms with Crippen molar-refractivity contribution in [1.29, 1.82) is 0 Å². The summed E-state index contributed by atoms with van der Waals surface area (Å²) in [6.07, 6.45) is 5.13. The Labute approximate surface area is 157 Å². The van der Waals surface area contributed by atoms with E-state index in [9.17, 15) is 8.78 Å². The predicted molar refractivity (Wildman–Crippen MR) is 95.3 cm³/mol. The zero-order valence-electron chi connectivity index (χ0n) is 14.3. The molecule has 138 valence electrons. The fraction of sp³-hybridized carbons (Fsp3) is 0.0500. The van der Waals surface area contributed by atoms with Crippen molar-refractivity contribution in [1.82, 2.24) is 19.7 Å². The highest BCUT2D eigenvalue weighted by Crippen LogP contribution is 2.27. The molecular formula is C20H12F2N4O2. The van der Waals surface area contributed by atoms with Crippen molar-refractivity contribution in [3.63, 3.8) is 0 Å². The summed E-state index contributed by atoms with van der Waals surface area (Å²) in [4.78, 5) is 8.62. The van der Waals surface area contributed by atoms with Crippen LogP contribution in [0.4, 0.5) is 8.78 Å². The molecule has 2 aliphatic rings. The molecule has 0 radical (unpaired) electrons. The van der Waals surface area contributed by atoms with E-state index in [0.717, 1.165) is 6.07 Å². The number of nitrogens with zero attached hydrogens (tertiary/aromatic N) is 4. The Morgan fingerprint density at radius 1 is 0.964 bits per heavy atom. The quantitative estimate of drug-likeness (QED) is 0.456. The first kappa shape index (κ1) is 16.4. The van der Waals surface area contributed by atoms with Gasteiger partial charge in [-0.25, -0.2) is 18.7 Å². The van der Waals surface area contributed by atoms with Gasteiger partial charge in [0.15, 0.2) is 29.0 Å². The average molecular weight is 378 g/mol. The van der Waals surface area contributed by atoms with Crippen molar-refractivity contribution in [2.75, 3.05) is 0 Å². The van der Waals surface area contributed by atoms with E-state index in [4.69, 9.17) is 8.94 Å². The summed E-state index contributed by atoms with van der Waals surface area (Å²) in [7, 11) is 0. The minimum Gasteiger partial charge on any atom is -0.463 e. The molecule has 0 amide bonds. The Kier molecular flexibility index (Phi) is 3.75. The highest BCUT2D eigenvalue weighted by molar-refractivity contribution is 5.66. The van der Waals surface area contributed by atoms with E-state index in [1.54, 1.807) is 42.9 Å². The molecule has 1 aromatic carbocycles. The van der Waals surface area contributed by atoms with Gasteiger partial charge in [0.25, 0.3) is 0 Å². The van der Waals surface area contributed by atoms with Crippen LogP contribution in [0.15, 0.2) is 70.1 Å². The lowest BCUT2D eigenvalue weighted by Crippen LogP contribution is -1.99. The highest BCUT2D eigenvalue weighted by atomic mass is 19.2. The van der Waals surface area contributed by atoms with Crippen LogP contribution in [0.1, 0.15) is 5.76 Å². The third-order valence-corrected chi connectivity index (χ3v) is 4.29. The lowest BCUT2D eigenvalue weighted by atomic mass is 10.2. The van der Waals surface area contributed by atoms with E-state index in [0.29, 0.717) is 35.1 Å². The van der Waals surface area contributed by atoms with Gasteiger partial charge in [-0.3, -0.25) is 0 Å². The third kappa shape index (κ3) is 2.84. The van der Waals surface area contributed by atoms with E-state index in [1.165, 1.54) is 12.1 Å². The third-order valence-electron chi connectivity index (χ3n) is 4.29. The minimum atomic E-state index is -0.960.